The lowest BCUT2D eigenvalue weighted by molar-refractivity contribution is 0.689. The second-order valence-corrected chi connectivity index (χ2v) is 7.69. The Balaban J connectivity index is 2.19. The van der Waals surface area contributed by atoms with Crippen LogP contribution in [0.2, 0.25) is 0 Å². The highest BCUT2D eigenvalue weighted by Gasteiger charge is 2.18. The lowest BCUT2D eigenvalue weighted by atomic mass is 10.2. The van der Waals surface area contributed by atoms with Gasteiger partial charge in [0.2, 0.25) is 0 Å². The minimum Gasteiger partial charge on any atom is -0.280 e. The Kier molecular flexibility index (Phi) is 5.00. The molecule has 2 aromatic heterocycles. The van der Waals surface area contributed by atoms with Gasteiger partial charge >= 0.3 is 5.69 Å². The van der Waals surface area contributed by atoms with Gasteiger partial charge in [0.05, 0.1) is 0 Å². The van der Waals surface area contributed by atoms with Crippen LogP contribution < -0.4 is 11.2 Å². The number of rotatable bonds is 4. The third-order valence-corrected chi connectivity index (χ3v) is 5.31. The number of fused-ring (bicyclic) bond motifs is 1. The first-order chi connectivity index (χ1) is 12.3. The highest BCUT2D eigenvalue weighted by atomic mass is 32.2. The Hall–Kier alpha value is -2.41. The molecular weight excluding hydrogens is 348 g/mol. The van der Waals surface area contributed by atoms with Crippen molar-refractivity contribution in [2.45, 2.75) is 37.5 Å². The smallest absolute Gasteiger partial charge is 0.280 e. The fraction of sp³-hybridized carbons (Fsp3) is 0.368. The molecule has 26 heavy (non-hydrogen) atoms. The molecular formula is C19H22N4O2S. The molecule has 136 valence electrons. The average Bonchev–Trinajstić information content (AvgIpc) is 2.62. The summed E-state index contributed by atoms with van der Waals surface area (Å²) in [5, 5.41) is 1.02. The van der Waals surface area contributed by atoms with Crippen LogP contribution in [0, 0.1) is 6.92 Å². The maximum atomic E-state index is 12.7. The number of aromatic nitrogens is 4. The van der Waals surface area contributed by atoms with E-state index in [0.717, 1.165) is 10.1 Å². The maximum absolute atomic E-state index is 12.7. The molecule has 2 heterocycles. The Morgan fingerprint density at radius 3 is 2.50 bits per heavy atom. The number of nitrogens with zero attached hydrogens (tertiary/aromatic N) is 4. The van der Waals surface area contributed by atoms with Gasteiger partial charge in [-0.1, -0.05) is 43.7 Å². The zero-order valence-corrected chi connectivity index (χ0v) is 16.4. The van der Waals surface area contributed by atoms with Crippen LogP contribution in [-0.4, -0.2) is 19.1 Å². The van der Waals surface area contributed by atoms with Gasteiger partial charge in [0, 0.05) is 25.8 Å². The van der Waals surface area contributed by atoms with E-state index in [4.69, 9.17) is 0 Å². The Labute approximate surface area is 155 Å². The summed E-state index contributed by atoms with van der Waals surface area (Å²) in [5.74, 6) is 1.42. The van der Waals surface area contributed by atoms with Crippen LogP contribution in [-0.2, 0) is 19.8 Å². The highest BCUT2D eigenvalue weighted by Crippen LogP contribution is 2.27. The Morgan fingerprint density at radius 1 is 1.12 bits per heavy atom. The molecule has 0 saturated heterocycles. The molecule has 0 radical (unpaired) electrons. The lowest BCUT2D eigenvalue weighted by Gasteiger charge is -2.13. The SMILES string of the molecule is Cc1cccc(CSc2nc(C(C)C)nc3c2c(=O)n(C)c(=O)n3C)c1. The number of hydrogen-bond donors (Lipinski definition) is 0. The third-order valence-electron chi connectivity index (χ3n) is 4.26. The van der Waals surface area contributed by atoms with Crippen molar-refractivity contribution in [2.75, 3.05) is 0 Å². The normalized spacial score (nSPS) is 11.5. The Bertz CT molecular complexity index is 1100. The molecule has 0 aliphatic rings. The molecule has 0 aliphatic heterocycles. The molecule has 0 unspecified atom stereocenters. The second kappa shape index (κ2) is 7.07. The average molecular weight is 370 g/mol. The van der Waals surface area contributed by atoms with Crippen LogP contribution in [0.15, 0.2) is 38.9 Å². The predicted octanol–water partition coefficient (Wildman–Crippen LogP) is 2.75. The van der Waals surface area contributed by atoms with Gasteiger partial charge in [-0.2, -0.15) is 0 Å². The van der Waals surface area contributed by atoms with Crippen molar-refractivity contribution in [1.82, 2.24) is 19.1 Å². The highest BCUT2D eigenvalue weighted by molar-refractivity contribution is 7.98. The number of benzene rings is 1. The van der Waals surface area contributed by atoms with Gasteiger partial charge < -0.3 is 0 Å². The molecule has 3 aromatic rings. The van der Waals surface area contributed by atoms with Crippen LogP contribution in [0.3, 0.4) is 0 Å². The fourth-order valence-electron chi connectivity index (χ4n) is 2.76. The van der Waals surface area contributed by atoms with E-state index in [1.807, 2.05) is 19.9 Å². The van der Waals surface area contributed by atoms with Crippen molar-refractivity contribution < 1.29 is 0 Å². The molecule has 0 atom stereocenters. The zero-order chi connectivity index (χ0) is 19.0. The van der Waals surface area contributed by atoms with E-state index in [9.17, 15) is 9.59 Å². The summed E-state index contributed by atoms with van der Waals surface area (Å²) in [4.78, 5) is 34.1. The number of aryl methyl sites for hydroxylation is 2. The molecule has 0 spiro atoms. The van der Waals surface area contributed by atoms with Crippen LogP contribution >= 0.6 is 11.8 Å². The zero-order valence-electron chi connectivity index (χ0n) is 15.6. The van der Waals surface area contributed by atoms with E-state index in [1.54, 1.807) is 7.05 Å². The van der Waals surface area contributed by atoms with E-state index >= 15 is 0 Å². The molecule has 0 bridgehead atoms. The summed E-state index contributed by atoms with van der Waals surface area (Å²) in [6.45, 7) is 6.04. The topological polar surface area (TPSA) is 69.8 Å². The first kappa shape index (κ1) is 18.4. The van der Waals surface area contributed by atoms with E-state index in [1.165, 1.54) is 28.9 Å². The predicted molar refractivity (Wildman–Crippen MR) is 105 cm³/mol. The number of thioether (sulfide) groups is 1. The van der Waals surface area contributed by atoms with Crippen molar-refractivity contribution in [1.29, 1.82) is 0 Å². The van der Waals surface area contributed by atoms with Crippen molar-refractivity contribution in [3.05, 3.63) is 62.1 Å². The van der Waals surface area contributed by atoms with Gasteiger partial charge in [-0.3, -0.25) is 13.9 Å². The third kappa shape index (κ3) is 3.31. The minimum absolute atomic E-state index is 0.0943. The van der Waals surface area contributed by atoms with Crippen molar-refractivity contribution in [2.24, 2.45) is 14.1 Å². The second-order valence-electron chi connectivity index (χ2n) is 6.72. The number of hydrogen-bond acceptors (Lipinski definition) is 5. The van der Waals surface area contributed by atoms with Crippen LogP contribution in [0.1, 0.15) is 36.7 Å². The van der Waals surface area contributed by atoms with E-state index in [-0.39, 0.29) is 17.2 Å². The molecule has 6 nitrogen and oxygen atoms in total. The fourth-order valence-corrected chi connectivity index (χ4v) is 3.73. The lowest BCUT2D eigenvalue weighted by Crippen LogP contribution is -2.37. The molecule has 0 N–H and O–H groups in total. The van der Waals surface area contributed by atoms with Crippen molar-refractivity contribution in [3.8, 4) is 0 Å². The molecule has 1 aromatic carbocycles. The van der Waals surface area contributed by atoms with Gasteiger partial charge in [-0.25, -0.2) is 14.8 Å². The molecule has 7 heteroatoms. The maximum Gasteiger partial charge on any atom is 0.332 e. The summed E-state index contributed by atoms with van der Waals surface area (Å²) in [6, 6.07) is 8.25. The van der Waals surface area contributed by atoms with Gasteiger partial charge in [0.25, 0.3) is 5.56 Å². The van der Waals surface area contributed by atoms with Gasteiger partial charge in [0.1, 0.15) is 16.2 Å². The summed E-state index contributed by atoms with van der Waals surface area (Å²) in [7, 11) is 3.12. The quantitative estimate of drug-likeness (QED) is 0.522. The molecule has 0 aliphatic carbocycles. The van der Waals surface area contributed by atoms with Crippen molar-refractivity contribution >= 4 is 22.8 Å². The molecule has 0 amide bonds. The van der Waals surface area contributed by atoms with E-state index in [0.29, 0.717) is 27.6 Å². The van der Waals surface area contributed by atoms with Gasteiger partial charge in [0.15, 0.2) is 5.65 Å². The van der Waals surface area contributed by atoms with Crippen molar-refractivity contribution in [3.63, 3.8) is 0 Å². The summed E-state index contributed by atoms with van der Waals surface area (Å²) in [5.41, 5.74) is 2.01. The molecule has 3 rings (SSSR count). The largest absolute Gasteiger partial charge is 0.332 e. The Morgan fingerprint density at radius 2 is 1.85 bits per heavy atom. The summed E-state index contributed by atoms with van der Waals surface area (Å²) >= 11 is 1.50. The van der Waals surface area contributed by atoms with E-state index in [2.05, 4.69) is 35.1 Å². The first-order valence-electron chi connectivity index (χ1n) is 8.45. The molecule has 0 saturated carbocycles. The van der Waals surface area contributed by atoms with Crippen LogP contribution in [0.4, 0.5) is 0 Å². The summed E-state index contributed by atoms with van der Waals surface area (Å²) < 4.78 is 2.53. The molecule has 0 fully saturated rings. The van der Waals surface area contributed by atoms with Crippen LogP contribution in [0.5, 0.6) is 0 Å². The van der Waals surface area contributed by atoms with Gasteiger partial charge in [-0.15, -0.1) is 11.8 Å². The minimum atomic E-state index is -0.384. The van der Waals surface area contributed by atoms with Gasteiger partial charge in [-0.05, 0) is 12.5 Å². The van der Waals surface area contributed by atoms with E-state index < -0.39 is 0 Å². The standard InChI is InChI=1S/C19H22N4O2S/c1-11(2)15-20-16-14(18(24)23(5)19(25)22(16)4)17(21-15)26-10-13-8-6-7-12(3)9-13/h6-9,11H,10H2,1-5H3. The monoisotopic (exact) mass is 370 g/mol. The summed E-state index contributed by atoms with van der Waals surface area (Å²) in [6.07, 6.45) is 0. The van der Waals surface area contributed by atoms with Crippen LogP contribution in [0.25, 0.3) is 11.0 Å². The first-order valence-corrected chi connectivity index (χ1v) is 9.44.